The van der Waals surface area contributed by atoms with E-state index in [4.69, 9.17) is 0 Å². The fourth-order valence-electron chi connectivity index (χ4n) is 3.16. The van der Waals surface area contributed by atoms with Crippen LogP contribution in [0, 0.1) is 0 Å². The van der Waals surface area contributed by atoms with Crippen LogP contribution in [-0.2, 0) is 16.8 Å². The normalized spacial score (nSPS) is 11.7. The number of benzene rings is 1. The van der Waals surface area contributed by atoms with Gasteiger partial charge >= 0.3 is 0 Å². The highest BCUT2D eigenvalue weighted by Crippen LogP contribution is 2.28. The van der Waals surface area contributed by atoms with Crippen molar-refractivity contribution in [2.24, 2.45) is 0 Å². The Morgan fingerprint density at radius 3 is 2.52 bits per heavy atom. The predicted octanol–water partition coefficient (Wildman–Crippen LogP) is 4.94. The molecule has 0 bridgehead atoms. The summed E-state index contributed by atoms with van der Waals surface area (Å²) in [4.78, 5) is 12.5. The highest BCUT2D eigenvalue weighted by molar-refractivity contribution is 7.99. The molecule has 0 radical (unpaired) electrons. The lowest BCUT2D eigenvalue weighted by Crippen LogP contribution is -2.18. The van der Waals surface area contributed by atoms with Gasteiger partial charge in [0.15, 0.2) is 11.0 Å². The minimum Gasteiger partial charge on any atom is -0.310 e. The molecule has 164 valence electrons. The molecule has 0 aliphatic rings. The van der Waals surface area contributed by atoms with Gasteiger partial charge < -0.3 is 5.32 Å². The number of allylic oxidation sites excluding steroid dienone is 1. The van der Waals surface area contributed by atoms with Crippen LogP contribution in [-0.4, -0.2) is 36.2 Å². The molecular formula is C23H30N6OS. The van der Waals surface area contributed by atoms with Gasteiger partial charge in [0.05, 0.1) is 11.9 Å². The highest BCUT2D eigenvalue weighted by atomic mass is 32.2. The van der Waals surface area contributed by atoms with E-state index < -0.39 is 0 Å². The van der Waals surface area contributed by atoms with Crippen molar-refractivity contribution in [3.63, 3.8) is 0 Å². The number of carbonyl (C=O) groups excluding carboxylic acids is 1. The number of aromatic nitrogens is 5. The van der Waals surface area contributed by atoms with Gasteiger partial charge in [-0.1, -0.05) is 62.9 Å². The molecule has 1 N–H and O–H groups in total. The standard InChI is InChI=1S/C23H30N6OS/c1-7-14-28-21(17-8-10-18(11-9-17)23(4,5)6)26-27-22(28)31-15-20(30)25-19-12-13-24-29(19)16(2)3/h7-13,16H,1,14-15H2,2-6H3,(H,25,30). The third-order valence-electron chi connectivity index (χ3n) is 4.80. The van der Waals surface area contributed by atoms with E-state index in [-0.39, 0.29) is 23.1 Å². The van der Waals surface area contributed by atoms with Crippen molar-refractivity contribution >= 4 is 23.5 Å². The third-order valence-corrected chi connectivity index (χ3v) is 5.76. The van der Waals surface area contributed by atoms with Crippen molar-refractivity contribution < 1.29 is 4.79 Å². The second kappa shape index (κ2) is 9.51. The molecule has 0 atom stereocenters. The van der Waals surface area contributed by atoms with Gasteiger partial charge in [-0.25, -0.2) is 4.68 Å². The molecule has 7 nitrogen and oxygen atoms in total. The number of anilines is 1. The lowest BCUT2D eigenvalue weighted by atomic mass is 9.87. The first-order valence-electron chi connectivity index (χ1n) is 10.3. The number of hydrogen-bond acceptors (Lipinski definition) is 5. The summed E-state index contributed by atoms with van der Waals surface area (Å²) in [5, 5.41) is 16.6. The van der Waals surface area contributed by atoms with Gasteiger partial charge in [0.1, 0.15) is 5.82 Å². The first-order chi connectivity index (χ1) is 14.7. The molecule has 1 aromatic carbocycles. The van der Waals surface area contributed by atoms with Crippen LogP contribution in [0.4, 0.5) is 5.82 Å². The molecule has 3 aromatic rings. The lowest BCUT2D eigenvalue weighted by Gasteiger charge is -2.19. The quantitative estimate of drug-likeness (QED) is 0.398. The molecule has 2 heterocycles. The predicted molar refractivity (Wildman–Crippen MR) is 126 cm³/mol. The number of amides is 1. The van der Waals surface area contributed by atoms with Crippen LogP contribution in [0.3, 0.4) is 0 Å². The van der Waals surface area contributed by atoms with Crippen molar-refractivity contribution in [3.8, 4) is 11.4 Å². The summed E-state index contributed by atoms with van der Waals surface area (Å²) in [6.07, 6.45) is 3.49. The topological polar surface area (TPSA) is 77.6 Å². The van der Waals surface area contributed by atoms with E-state index in [9.17, 15) is 4.79 Å². The first-order valence-corrected chi connectivity index (χ1v) is 11.3. The summed E-state index contributed by atoms with van der Waals surface area (Å²) < 4.78 is 3.76. The van der Waals surface area contributed by atoms with Crippen molar-refractivity contribution in [2.45, 2.75) is 57.8 Å². The monoisotopic (exact) mass is 438 g/mol. The van der Waals surface area contributed by atoms with Crippen LogP contribution in [0.15, 0.2) is 54.3 Å². The van der Waals surface area contributed by atoms with Gasteiger partial charge in [-0.3, -0.25) is 9.36 Å². The number of thioether (sulfide) groups is 1. The van der Waals surface area contributed by atoms with Crippen molar-refractivity contribution in [1.82, 2.24) is 24.5 Å². The van der Waals surface area contributed by atoms with Gasteiger partial charge in [0.2, 0.25) is 5.91 Å². The average molecular weight is 439 g/mol. The Labute approximate surface area is 188 Å². The minimum atomic E-state index is -0.114. The zero-order chi connectivity index (χ0) is 22.6. The van der Waals surface area contributed by atoms with Crippen LogP contribution in [0.1, 0.15) is 46.2 Å². The molecular weight excluding hydrogens is 408 g/mol. The number of nitrogens with one attached hydrogen (secondary N) is 1. The van der Waals surface area contributed by atoms with Crippen LogP contribution < -0.4 is 5.32 Å². The molecule has 31 heavy (non-hydrogen) atoms. The second-order valence-electron chi connectivity index (χ2n) is 8.62. The molecule has 0 saturated carbocycles. The zero-order valence-electron chi connectivity index (χ0n) is 18.8. The molecule has 3 rings (SSSR count). The molecule has 8 heteroatoms. The van der Waals surface area contributed by atoms with Crippen molar-refractivity contribution in [2.75, 3.05) is 11.1 Å². The summed E-state index contributed by atoms with van der Waals surface area (Å²) in [6.45, 7) is 15.0. The van der Waals surface area contributed by atoms with E-state index in [0.717, 1.165) is 11.4 Å². The summed E-state index contributed by atoms with van der Waals surface area (Å²) in [5.74, 6) is 1.56. The number of hydrogen-bond donors (Lipinski definition) is 1. The molecule has 0 saturated heterocycles. The van der Waals surface area contributed by atoms with Crippen molar-refractivity contribution in [1.29, 1.82) is 0 Å². The maximum atomic E-state index is 12.5. The Hall–Kier alpha value is -2.87. The van der Waals surface area contributed by atoms with Crippen LogP contribution in [0.25, 0.3) is 11.4 Å². The summed E-state index contributed by atoms with van der Waals surface area (Å²) >= 11 is 1.35. The molecule has 0 aliphatic carbocycles. The summed E-state index contributed by atoms with van der Waals surface area (Å²) in [6, 6.07) is 10.3. The van der Waals surface area contributed by atoms with E-state index in [2.05, 4.69) is 72.2 Å². The van der Waals surface area contributed by atoms with Crippen LogP contribution >= 0.6 is 11.8 Å². The first kappa shape index (κ1) is 22.8. The van der Waals surface area contributed by atoms with Gasteiger partial charge in [0.25, 0.3) is 0 Å². The van der Waals surface area contributed by atoms with Crippen molar-refractivity contribution in [3.05, 3.63) is 54.7 Å². The molecule has 0 unspecified atom stereocenters. The summed E-state index contributed by atoms with van der Waals surface area (Å²) in [7, 11) is 0. The van der Waals surface area contributed by atoms with E-state index in [1.54, 1.807) is 16.9 Å². The third kappa shape index (κ3) is 5.44. The van der Waals surface area contributed by atoms with Gasteiger partial charge in [-0.2, -0.15) is 5.10 Å². The van der Waals surface area contributed by atoms with Gasteiger partial charge in [-0.15, -0.1) is 16.8 Å². The number of rotatable bonds is 8. The van der Waals surface area contributed by atoms with Gasteiger partial charge in [0, 0.05) is 24.2 Å². The fraction of sp³-hybridized carbons (Fsp3) is 0.391. The molecule has 1 amide bonds. The molecule has 0 aliphatic heterocycles. The second-order valence-corrected chi connectivity index (χ2v) is 9.57. The Balaban J connectivity index is 1.74. The SMILES string of the molecule is C=CCn1c(SCC(=O)Nc2ccnn2C(C)C)nnc1-c1ccc(C(C)(C)C)cc1. The smallest absolute Gasteiger partial charge is 0.235 e. The lowest BCUT2D eigenvalue weighted by molar-refractivity contribution is -0.113. The Bertz CT molecular complexity index is 1040. The number of carbonyl (C=O) groups is 1. The van der Waals surface area contributed by atoms with E-state index in [0.29, 0.717) is 17.5 Å². The van der Waals surface area contributed by atoms with E-state index in [1.165, 1.54) is 17.3 Å². The Kier molecular flexibility index (Phi) is 7.00. The maximum absolute atomic E-state index is 12.5. The minimum absolute atomic E-state index is 0.0899. The Morgan fingerprint density at radius 1 is 1.19 bits per heavy atom. The number of nitrogens with zero attached hydrogens (tertiary/aromatic N) is 5. The average Bonchev–Trinajstić information content (AvgIpc) is 3.33. The van der Waals surface area contributed by atoms with Crippen LogP contribution in [0.5, 0.6) is 0 Å². The molecule has 0 spiro atoms. The largest absolute Gasteiger partial charge is 0.310 e. The van der Waals surface area contributed by atoms with Gasteiger partial charge in [-0.05, 0) is 24.8 Å². The fourth-order valence-corrected chi connectivity index (χ4v) is 3.90. The molecule has 0 fully saturated rings. The van der Waals surface area contributed by atoms with Crippen LogP contribution in [0.2, 0.25) is 0 Å². The summed E-state index contributed by atoms with van der Waals surface area (Å²) in [5.41, 5.74) is 2.34. The maximum Gasteiger partial charge on any atom is 0.235 e. The molecule has 2 aromatic heterocycles. The van der Waals surface area contributed by atoms with E-state index in [1.807, 2.05) is 24.5 Å². The highest BCUT2D eigenvalue weighted by Gasteiger charge is 2.18. The Morgan fingerprint density at radius 2 is 1.90 bits per heavy atom. The van der Waals surface area contributed by atoms with E-state index >= 15 is 0 Å². The zero-order valence-corrected chi connectivity index (χ0v) is 19.6.